The first-order valence-corrected chi connectivity index (χ1v) is 4.11. The Balaban J connectivity index is 2.78. The van der Waals surface area contributed by atoms with Gasteiger partial charge in [0.25, 0.3) is 0 Å². The highest BCUT2D eigenvalue weighted by atomic mass is 16.5. The van der Waals surface area contributed by atoms with E-state index < -0.39 is 6.10 Å². The van der Waals surface area contributed by atoms with E-state index in [4.69, 9.17) is 10.5 Å². The van der Waals surface area contributed by atoms with Crippen molar-refractivity contribution < 1.29 is 9.53 Å². The van der Waals surface area contributed by atoms with Crippen LogP contribution in [0.5, 0.6) is 0 Å². The van der Waals surface area contributed by atoms with Crippen molar-refractivity contribution in [2.75, 3.05) is 13.7 Å². The summed E-state index contributed by atoms with van der Waals surface area (Å²) in [6.45, 7) is 0.213. The summed E-state index contributed by atoms with van der Waals surface area (Å²) in [5, 5.41) is 0. The van der Waals surface area contributed by atoms with Crippen molar-refractivity contribution in [1.82, 2.24) is 0 Å². The quantitative estimate of drug-likeness (QED) is 0.697. The van der Waals surface area contributed by atoms with Gasteiger partial charge in [-0.1, -0.05) is 30.3 Å². The first-order chi connectivity index (χ1) is 6.29. The number of carbonyl (C=O) groups is 1. The highest BCUT2D eigenvalue weighted by Crippen LogP contribution is 2.04. The molecule has 3 heteroatoms. The van der Waals surface area contributed by atoms with Crippen LogP contribution in [0.15, 0.2) is 30.3 Å². The molecule has 2 N–H and O–H groups in total. The Labute approximate surface area is 77.5 Å². The van der Waals surface area contributed by atoms with Gasteiger partial charge in [-0.3, -0.25) is 4.79 Å². The van der Waals surface area contributed by atoms with Gasteiger partial charge in [0.2, 0.25) is 0 Å². The van der Waals surface area contributed by atoms with E-state index in [0.717, 1.165) is 0 Å². The van der Waals surface area contributed by atoms with Gasteiger partial charge in [-0.2, -0.15) is 0 Å². The Morgan fingerprint density at radius 1 is 1.46 bits per heavy atom. The molecule has 13 heavy (non-hydrogen) atoms. The minimum absolute atomic E-state index is 0.0643. The maximum atomic E-state index is 11.6. The number of carbonyl (C=O) groups excluding carboxylic acids is 1. The van der Waals surface area contributed by atoms with Crippen molar-refractivity contribution >= 4 is 5.78 Å². The predicted molar refractivity (Wildman–Crippen MR) is 50.6 cm³/mol. The molecule has 0 amide bonds. The van der Waals surface area contributed by atoms with Gasteiger partial charge >= 0.3 is 0 Å². The monoisotopic (exact) mass is 179 g/mol. The van der Waals surface area contributed by atoms with E-state index >= 15 is 0 Å². The van der Waals surface area contributed by atoms with Gasteiger partial charge in [-0.05, 0) is 0 Å². The highest BCUT2D eigenvalue weighted by molar-refractivity contribution is 5.99. The van der Waals surface area contributed by atoms with Crippen LogP contribution in [0, 0.1) is 0 Å². The second-order valence-corrected chi connectivity index (χ2v) is 2.69. The van der Waals surface area contributed by atoms with Crippen LogP contribution in [0.25, 0.3) is 0 Å². The first-order valence-electron chi connectivity index (χ1n) is 4.11. The Kier molecular flexibility index (Phi) is 3.61. The maximum absolute atomic E-state index is 11.6. The third-order valence-electron chi connectivity index (χ3n) is 1.85. The molecule has 1 atom stereocenters. The summed E-state index contributed by atoms with van der Waals surface area (Å²) in [5.74, 6) is -0.0643. The van der Waals surface area contributed by atoms with Gasteiger partial charge in [0.1, 0.15) is 6.10 Å². The molecule has 0 aliphatic heterocycles. The van der Waals surface area contributed by atoms with E-state index in [2.05, 4.69) is 0 Å². The zero-order valence-electron chi connectivity index (χ0n) is 7.57. The Bertz CT molecular complexity index is 268. The molecule has 0 spiro atoms. The number of methoxy groups -OCH3 is 1. The lowest BCUT2D eigenvalue weighted by Gasteiger charge is -2.10. The summed E-state index contributed by atoms with van der Waals surface area (Å²) in [5.41, 5.74) is 6.01. The van der Waals surface area contributed by atoms with Crippen LogP contribution in [0.4, 0.5) is 0 Å². The second-order valence-electron chi connectivity index (χ2n) is 2.69. The van der Waals surface area contributed by atoms with Crippen molar-refractivity contribution in [2.45, 2.75) is 6.10 Å². The fraction of sp³-hybridized carbons (Fsp3) is 0.300. The van der Waals surface area contributed by atoms with Gasteiger partial charge in [0.05, 0.1) is 0 Å². The SMILES string of the molecule is COC(CN)C(=O)c1ccccc1. The van der Waals surface area contributed by atoms with Crippen LogP contribution in [-0.4, -0.2) is 25.5 Å². The molecule has 0 fully saturated rings. The third-order valence-corrected chi connectivity index (χ3v) is 1.85. The van der Waals surface area contributed by atoms with Crippen molar-refractivity contribution in [3.05, 3.63) is 35.9 Å². The molecule has 0 aromatic heterocycles. The van der Waals surface area contributed by atoms with Gasteiger partial charge in [0.15, 0.2) is 5.78 Å². The van der Waals surface area contributed by atoms with Gasteiger partial charge in [-0.25, -0.2) is 0 Å². The Morgan fingerprint density at radius 2 is 2.08 bits per heavy atom. The molecule has 0 radical (unpaired) electrons. The molecule has 1 unspecified atom stereocenters. The first kappa shape index (κ1) is 9.89. The van der Waals surface area contributed by atoms with Crippen LogP contribution < -0.4 is 5.73 Å². The number of hydrogen-bond acceptors (Lipinski definition) is 3. The number of hydrogen-bond donors (Lipinski definition) is 1. The maximum Gasteiger partial charge on any atom is 0.192 e. The van der Waals surface area contributed by atoms with Crippen LogP contribution in [0.3, 0.4) is 0 Å². The summed E-state index contributed by atoms with van der Waals surface area (Å²) < 4.78 is 4.94. The van der Waals surface area contributed by atoms with E-state index in [1.54, 1.807) is 12.1 Å². The van der Waals surface area contributed by atoms with Gasteiger partial charge in [-0.15, -0.1) is 0 Å². The molecule has 0 aliphatic rings. The largest absolute Gasteiger partial charge is 0.372 e. The molecule has 0 saturated heterocycles. The molecule has 0 saturated carbocycles. The summed E-state index contributed by atoms with van der Waals surface area (Å²) in [4.78, 5) is 11.6. The molecule has 1 aromatic rings. The van der Waals surface area contributed by atoms with Crippen molar-refractivity contribution in [3.8, 4) is 0 Å². The minimum Gasteiger partial charge on any atom is -0.372 e. The normalized spacial score (nSPS) is 12.5. The Hall–Kier alpha value is -1.19. The van der Waals surface area contributed by atoms with E-state index in [9.17, 15) is 4.79 Å². The zero-order chi connectivity index (χ0) is 9.68. The summed E-state index contributed by atoms with van der Waals surface area (Å²) in [6.07, 6.45) is -0.526. The number of ether oxygens (including phenoxy) is 1. The molecule has 0 aliphatic carbocycles. The lowest BCUT2D eigenvalue weighted by Crippen LogP contribution is -2.31. The zero-order valence-corrected chi connectivity index (χ0v) is 7.57. The number of nitrogens with two attached hydrogens (primary N) is 1. The molecule has 1 rings (SSSR count). The second kappa shape index (κ2) is 4.74. The van der Waals surface area contributed by atoms with Crippen LogP contribution >= 0.6 is 0 Å². The van der Waals surface area contributed by atoms with Crippen molar-refractivity contribution in [2.24, 2.45) is 5.73 Å². The van der Waals surface area contributed by atoms with Crippen molar-refractivity contribution in [3.63, 3.8) is 0 Å². The Morgan fingerprint density at radius 3 is 2.54 bits per heavy atom. The average Bonchev–Trinajstić information content (AvgIpc) is 2.21. The lowest BCUT2D eigenvalue weighted by molar-refractivity contribution is 0.0630. The fourth-order valence-electron chi connectivity index (χ4n) is 1.10. The highest BCUT2D eigenvalue weighted by Gasteiger charge is 2.16. The van der Waals surface area contributed by atoms with Crippen LogP contribution in [-0.2, 0) is 4.74 Å². The van der Waals surface area contributed by atoms with E-state index in [1.165, 1.54) is 7.11 Å². The standard InChI is InChI=1S/C10H13NO2/c1-13-9(7-11)10(12)8-5-3-2-4-6-8/h2-6,9H,7,11H2,1H3. The van der Waals surface area contributed by atoms with Crippen molar-refractivity contribution in [1.29, 1.82) is 0 Å². The molecule has 3 nitrogen and oxygen atoms in total. The summed E-state index contributed by atoms with van der Waals surface area (Å²) >= 11 is 0. The predicted octanol–water partition coefficient (Wildman–Crippen LogP) is 0.843. The van der Waals surface area contributed by atoms with Crippen LogP contribution in [0.1, 0.15) is 10.4 Å². The number of Topliss-reactive ketones (excluding diaryl/α,β-unsaturated/α-hetero) is 1. The molecule has 0 bridgehead atoms. The summed E-state index contributed by atoms with van der Waals surface area (Å²) in [7, 11) is 1.48. The number of rotatable bonds is 4. The van der Waals surface area contributed by atoms with Gasteiger partial charge < -0.3 is 10.5 Å². The topological polar surface area (TPSA) is 52.3 Å². The number of benzene rings is 1. The summed E-state index contributed by atoms with van der Waals surface area (Å²) in [6, 6.07) is 9.00. The van der Waals surface area contributed by atoms with E-state index in [-0.39, 0.29) is 12.3 Å². The smallest absolute Gasteiger partial charge is 0.192 e. The molecule has 70 valence electrons. The minimum atomic E-state index is -0.526. The number of ketones is 1. The van der Waals surface area contributed by atoms with E-state index in [1.807, 2.05) is 18.2 Å². The van der Waals surface area contributed by atoms with Crippen LogP contribution in [0.2, 0.25) is 0 Å². The van der Waals surface area contributed by atoms with E-state index in [0.29, 0.717) is 5.56 Å². The fourth-order valence-corrected chi connectivity index (χ4v) is 1.10. The molecule has 1 aromatic carbocycles. The molecular weight excluding hydrogens is 166 g/mol. The lowest BCUT2D eigenvalue weighted by atomic mass is 10.1. The third kappa shape index (κ3) is 2.37. The van der Waals surface area contributed by atoms with Gasteiger partial charge in [0, 0.05) is 19.2 Å². The molecular formula is C10H13NO2. The molecule has 0 heterocycles. The average molecular weight is 179 g/mol.